The summed E-state index contributed by atoms with van der Waals surface area (Å²) in [7, 11) is -3.55. The van der Waals surface area contributed by atoms with Crippen LogP contribution in [0, 0.1) is 0 Å². The van der Waals surface area contributed by atoms with Crippen LogP contribution < -0.4 is 20.1 Å². The summed E-state index contributed by atoms with van der Waals surface area (Å²) >= 11 is 0. The summed E-state index contributed by atoms with van der Waals surface area (Å²) in [5.74, 6) is 0.482. The summed E-state index contributed by atoms with van der Waals surface area (Å²) < 4.78 is 35.9. The van der Waals surface area contributed by atoms with Gasteiger partial charge in [-0.05, 0) is 25.1 Å². The molecule has 1 amide bonds. The van der Waals surface area contributed by atoms with Crippen molar-refractivity contribution >= 4 is 15.7 Å². The van der Waals surface area contributed by atoms with Crippen LogP contribution >= 0.6 is 0 Å². The van der Waals surface area contributed by atoms with Gasteiger partial charge in [0, 0.05) is 32.0 Å². The highest BCUT2D eigenvalue weighted by molar-refractivity contribution is 7.91. The fraction of sp³-hybridized carbons (Fsp3) is 0.588. The summed E-state index contributed by atoms with van der Waals surface area (Å²) in [6.07, 6.45) is 1.72. The van der Waals surface area contributed by atoms with E-state index in [0.717, 1.165) is 19.4 Å². The summed E-state index contributed by atoms with van der Waals surface area (Å²) in [5, 5.41) is 5.88. The van der Waals surface area contributed by atoms with Crippen molar-refractivity contribution in [3.63, 3.8) is 0 Å². The molecule has 140 valence electrons. The Morgan fingerprint density at radius 3 is 2.64 bits per heavy atom. The fourth-order valence-corrected chi connectivity index (χ4v) is 3.61. The Hall–Kier alpha value is -1.80. The molecule has 2 N–H and O–H groups in total. The van der Waals surface area contributed by atoms with E-state index in [4.69, 9.17) is 9.47 Å². The number of sulfone groups is 1. The Bertz CT molecular complexity index is 676. The number of rotatable bonds is 9. The molecule has 0 atom stereocenters. The molecule has 0 saturated carbocycles. The molecular formula is C17H26N2O5S. The normalized spacial score (nSPS) is 14.0. The third kappa shape index (κ3) is 6.21. The maximum absolute atomic E-state index is 12.4. The van der Waals surface area contributed by atoms with Gasteiger partial charge in [-0.15, -0.1) is 0 Å². The maximum Gasteiger partial charge on any atom is 0.221 e. The number of nitrogens with one attached hydrogen (secondary N) is 2. The smallest absolute Gasteiger partial charge is 0.221 e. The molecule has 0 saturated heterocycles. The number of carbonyl (C=O) groups excluding carboxylic acids is 1. The predicted octanol–water partition coefficient (Wildman–Crippen LogP) is 1.13. The first-order valence-electron chi connectivity index (χ1n) is 8.63. The number of hydrogen-bond donors (Lipinski definition) is 2. The van der Waals surface area contributed by atoms with Gasteiger partial charge in [-0.3, -0.25) is 4.79 Å². The van der Waals surface area contributed by atoms with Gasteiger partial charge in [0.15, 0.2) is 21.3 Å². The van der Waals surface area contributed by atoms with Gasteiger partial charge in [0.1, 0.15) is 0 Å². The Balaban J connectivity index is 1.86. The van der Waals surface area contributed by atoms with Crippen molar-refractivity contribution in [1.29, 1.82) is 0 Å². The first kappa shape index (κ1) is 19.5. The second kappa shape index (κ2) is 9.62. The lowest BCUT2D eigenvalue weighted by Crippen LogP contribution is -2.32. The molecule has 8 heteroatoms. The molecule has 0 radical (unpaired) electrons. The summed E-state index contributed by atoms with van der Waals surface area (Å²) in [5.41, 5.74) is 0. The van der Waals surface area contributed by atoms with Crippen LogP contribution in [0.1, 0.15) is 26.2 Å². The van der Waals surface area contributed by atoms with Gasteiger partial charge in [0.05, 0.1) is 23.9 Å². The van der Waals surface area contributed by atoms with E-state index in [0.29, 0.717) is 37.8 Å². The van der Waals surface area contributed by atoms with Gasteiger partial charge in [-0.2, -0.15) is 0 Å². The van der Waals surface area contributed by atoms with Gasteiger partial charge in [0.2, 0.25) is 5.91 Å². The molecule has 7 nitrogen and oxygen atoms in total. The lowest BCUT2D eigenvalue weighted by atomic mass is 10.3. The molecule has 1 aromatic carbocycles. The van der Waals surface area contributed by atoms with Crippen LogP contribution in [0.2, 0.25) is 0 Å². The van der Waals surface area contributed by atoms with Crippen molar-refractivity contribution in [2.75, 3.05) is 38.6 Å². The SMILES string of the molecule is CCCNCCNC(=O)CCS(=O)(=O)c1ccc2c(c1)OCCCO2. The van der Waals surface area contributed by atoms with Crippen LogP contribution in [0.4, 0.5) is 0 Å². The van der Waals surface area contributed by atoms with Crippen LogP contribution in [0.15, 0.2) is 23.1 Å². The van der Waals surface area contributed by atoms with Crippen LogP contribution in [0.5, 0.6) is 11.5 Å². The minimum atomic E-state index is -3.55. The number of ether oxygens (including phenoxy) is 2. The van der Waals surface area contributed by atoms with Crippen molar-refractivity contribution in [2.24, 2.45) is 0 Å². The van der Waals surface area contributed by atoms with E-state index < -0.39 is 9.84 Å². The third-order valence-electron chi connectivity index (χ3n) is 3.73. The Morgan fingerprint density at radius 2 is 1.88 bits per heavy atom. The molecular weight excluding hydrogens is 344 g/mol. The van der Waals surface area contributed by atoms with Crippen LogP contribution in [0.3, 0.4) is 0 Å². The molecule has 1 heterocycles. The highest BCUT2D eigenvalue weighted by atomic mass is 32.2. The Kier molecular flexibility index (Phi) is 7.52. The highest BCUT2D eigenvalue weighted by Gasteiger charge is 2.20. The number of hydrogen-bond acceptors (Lipinski definition) is 6. The van der Waals surface area contributed by atoms with Gasteiger partial charge < -0.3 is 20.1 Å². The average Bonchev–Trinajstić information content (AvgIpc) is 2.84. The maximum atomic E-state index is 12.4. The number of carbonyl (C=O) groups is 1. The molecule has 0 spiro atoms. The van der Waals surface area contributed by atoms with Crippen molar-refractivity contribution in [1.82, 2.24) is 10.6 Å². The fourth-order valence-electron chi connectivity index (χ4n) is 2.36. The molecule has 0 bridgehead atoms. The van der Waals surface area contributed by atoms with Crippen molar-refractivity contribution < 1.29 is 22.7 Å². The zero-order chi connectivity index (χ0) is 18.1. The number of amides is 1. The van der Waals surface area contributed by atoms with Gasteiger partial charge in [-0.25, -0.2) is 8.42 Å². The van der Waals surface area contributed by atoms with Gasteiger partial charge >= 0.3 is 0 Å². The predicted molar refractivity (Wildman–Crippen MR) is 94.9 cm³/mol. The molecule has 25 heavy (non-hydrogen) atoms. The van der Waals surface area contributed by atoms with E-state index in [1.165, 1.54) is 12.1 Å². The molecule has 2 rings (SSSR count). The van der Waals surface area contributed by atoms with Crippen LogP contribution in [-0.2, 0) is 14.6 Å². The van der Waals surface area contributed by atoms with E-state index >= 15 is 0 Å². The highest BCUT2D eigenvalue weighted by Crippen LogP contribution is 2.32. The lowest BCUT2D eigenvalue weighted by Gasteiger charge is -2.10. The lowest BCUT2D eigenvalue weighted by molar-refractivity contribution is -0.120. The minimum Gasteiger partial charge on any atom is -0.490 e. The van der Waals surface area contributed by atoms with Crippen LogP contribution in [0.25, 0.3) is 0 Å². The molecule has 0 aromatic heterocycles. The minimum absolute atomic E-state index is 0.0649. The second-order valence-electron chi connectivity index (χ2n) is 5.83. The Morgan fingerprint density at radius 1 is 1.12 bits per heavy atom. The van der Waals surface area contributed by atoms with E-state index in [2.05, 4.69) is 17.6 Å². The van der Waals surface area contributed by atoms with E-state index in [1.807, 2.05) is 0 Å². The second-order valence-corrected chi connectivity index (χ2v) is 7.94. The number of benzene rings is 1. The average molecular weight is 370 g/mol. The van der Waals surface area contributed by atoms with E-state index in [1.54, 1.807) is 6.07 Å². The zero-order valence-corrected chi connectivity index (χ0v) is 15.4. The summed E-state index contributed by atoms with van der Waals surface area (Å²) in [6, 6.07) is 4.57. The molecule has 1 aliphatic rings. The number of fused-ring (bicyclic) bond motifs is 1. The first-order chi connectivity index (χ1) is 12.0. The van der Waals surface area contributed by atoms with Gasteiger partial charge in [0.25, 0.3) is 0 Å². The van der Waals surface area contributed by atoms with Crippen LogP contribution in [-0.4, -0.2) is 52.9 Å². The Labute approximate surface area is 149 Å². The van der Waals surface area contributed by atoms with Crippen molar-refractivity contribution in [2.45, 2.75) is 31.1 Å². The molecule has 1 aromatic rings. The topological polar surface area (TPSA) is 93.7 Å². The standard InChI is InChI=1S/C17H26N2O5S/c1-2-7-18-8-9-19-17(20)6-12-25(21,22)14-4-5-15-16(13-14)24-11-3-10-23-15/h4-5,13,18H,2-3,6-12H2,1H3,(H,19,20). The molecule has 0 unspecified atom stereocenters. The molecule has 0 aliphatic carbocycles. The van der Waals surface area contributed by atoms with Crippen molar-refractivity contribution in [3.05, 3.63) is 18.2 Å². The molecule has 1 aliphatic heterocycles. The summed E-state index contributed by atoms with van der Waals surface area (Å²) in [4.78, 5) is 11.9. The van der Waals surface area contributed by atoms with E-state index in [9.17, 15) is 13.2 Å². The summed E-state index contributed by atoms with van der Waals surface area (Å²) in [6.45, 7) is 5.17. The molecule has 0 fully saturated rings. The third-order valence-corrected chi connectivity index (χ3v) is 5.44. The zero-order valence-electron chi connectivity index (χ0n) is 14.5. The quantitative estimate of drug-likeness (QED) is 0.633. The monoisotopic (exact) mass is 370 g/mol. The largest absolute Gasteiger partial charge is 0.490 e. The first-order valence-corrected chi connectivity index (χ1v) is 10.3. The van der Waals surface area contributed by atoms with Gasteiger partial charge in [-0.1, -0.05) is 6.92 Å². The van der Waals surface area contributed by atoms with E-state index in [-0.39, 0.29) is 23.0 Å². The van der Waals surface area contributed by atoms with Crippen molar-refractivity contribution in [3.8, 4) is 11.5 Å².